The van der Waals surface area contributed by atoms with Crippen molar-refractivity contribution in [1.29, 1.82) is 0 Å². The van der Waals surface area contributed by atoms with Crippen molar-refractivity contribution < 1.29 is 29.1 Å². The molecule has 1 rings (SSSR count). The molecule has 1 atom stereocenters. The van der Waals surface area contributed by atoms with Gasteiger partial charge in [0.25, 0.3) is 0 Å². The predicted molar refractivity (Wildman–Crippen MR) is 66.8 cm³/mol. The Morgan fingerprint density at radius 2 is 2.10 bits per heavy atom. The maximum atomic E-state index is 11.6. The molecule has 20 heavy (non-hydrogen) atoms. The Hall–Kier alpha value is -2.64. The third-order valence-corrected chi connectivity index (χ3v) is 2.38. The maximum absolute atomic E-state index is 11.6. The van der Waals surface area contributed by atoms with Crippen LogP contribution >= 0.6 is 0 Å². The highest BCUT2D eigenvalue weighted by atomic mass is 16.6. The lowest BCUT2D eigenvalue weighted by atomic mass is 10.1. The van der Waals surface area contributed by atoms with Gasteiger partial charge in [-0.2, -0.15) is 0 Å². The van der Waals surface area contributed by atoms with Gasteiger partial charge in [-0.3, -0.25) is 14.9 Å². The number of carboxylic acid groups (broad SMARTS) is 1. The molecule has 0 saturated carbocycles. The fourth-order valence-electron chi connectivity index (χ4n) is 1.55. The van der Waals surface area contributed by atoms with E-state index in [1.54, 1.807) is 0 Å². The molecule has 0 aliphatic rings. The van der Waals surface area contributed by atoms with Gasteiger partial charge in [-0.1, -0.05) is 6.07 Å². The molecule has 1 aromatic rings. The van der Waals surface area contributed by atoms with Crippen molar-refractivity contribution in [2.24, 2.45) is 0 Å². The van der Waals surface area contributed by atoms with Crippen molar-refractivity contribution in [3.05, 3.63) is 33.9 Å². The van der Waals surface area contributed by atoms with Crippen LogP contribution in [0, 0.1) is 10.1 Å². The number of ether oxygens (including phenoxy) is 2. The summed E-state index contributed by atoms with van der Waals surface area (Å²) in [6, 6.07) is 3.79. The number of hydrogen-bond donors (Lipinski definition) is 1. The lowest BCUT2D eigenvalue weighted by molar-refractivity contribution is -0.386. The van der Waals surface area contributed by atoms with Crippen LogP contribution in [0.3, 0.4) is 0 Å². The minimum atomic E-state index is -1.12. The molecule has 0 radical (unpaired) electrons. The fraction of sp³-hybridized carbons (Fsp3) is 0.333. The Morgan fingerprint density at radius 3 is 2.60 bits per heavy atom. The van der Waals surface area contributed by atoms with Crippen LogP contribution in [-0.4, -0.2) is 35.2 Å². The van der Waals surface area contributed by atoms with Gasteiger partial charge in [0.15, 0.2) is 0 Å². The Morgan fingerprint density at radius 1 is 1.45 bits per heavy atom. The van der Waals surface area contributed by atoms with Gasteiger partial charge in [-0.25, -0.2) is 4.79 Å². The molecule has 0 bridgehead atoms. The monoisotopic (exact) mass is 283 g/mol. The molecule has 0 saturated heterocycles. The molecule has 0 spiro atoms. The molecule has 1 N–H and O–H groups in total. The van der Waals surface area contributed by atoms with E-state index in [-0.39, 0.29) is 17.7 Å². The number of methoxy groups -OCH3 is 1. The van der Waals surface area contributed by atoms with E-state index in [1.165, 1.54) is 19.1 Å². The highest BCUT2D eigenvalue weighted by Crippen LogP contribution is 2.32. The maximum Gasteiger partial charge on any atom is 0.341 e. The molecule has 0 fully saturated rings. The minimum Gasteiger partial charge on any atom is -0.483 e. The number of benzene rings is 1. The van der Waals surface area contributed by atoms with Crippen LogP contribution in [0.1, 0.15) is 23.7 Å². The van der Waals surface area contributed by atoms with E-state index in [1.807, 2.05) is 0 Å². The number of aliphatic carboxylic acids is 1. The van der Waals surface area contributed by atoms with Gasteiger partial charge in [0.05, 0.1) is 18.5 Å². The number of para-hydroxylation sites is 1. The number of esters is 1. The number of carbonyl (C=O) groups excluding carboxylic acids is 1. The molecule has 0 heterocycles. The summed E-state index contributed by atoms with van der Waals surface area (Å²) in [6.45, 7) is 1.44. The smallest absolute Gasteiger partial charge is 0.341 e. The number of nitrogens with zero attached hydrogens (tertiary/aromatic N) is 1. The number of carbonyl (C=O) groups is 2. The van der Waals surface area contributed by atoms with Gasteiger partial charge in [-0.05, 0) is 13.0 Å². The normalized spacial score (nSPS) is 11.5. The molecule has 0 aliphatic carbocycles. The van der Waals surface area contributed by atoms with Crippen molar-refractivity contribution in [2.45, 2.75) is 19.4 Å². The van der Waals surface area contributed by atoms with Gasteiger partial charge in [0, 0.05) is 6.07 Å². The average Bonchev–Trinajstić information content (AvgIpc) is 2.36. The average molecular weight is 283 g/mol. The summed E-state index contributed by atoms with van der Waals surface area (Å²) in [6.07, 6.45) is -1.19. The van der Waals surface area contributed by atoms with Crippen molar-refractivity contribution in [3.63, 3.8) is 0 Å². The molecular formula is C12H13NO7. The zero-order valence-electron chi connectivity index (χ0n) is 10.9. The fourth-order valence-corrected chi connectivity index (χ4v) is 1.55. The van der Waals surface area contributed by atoms with Gasteiger partial charge in [0.1, 0.15) is 11.7 Å². The molecule has 0 amide bonds. The SMILES string of the molecule is COC(=O)c1cccc([N+](=O)[O-])c1OC(C)CC(=O)O. The van der Waals surface area contributed by atoms with E-state index in [4.69, 9.17) is 9.84 Å². The molecular weight excluding hydrogens is 270 g/mol. The quantitative estimate of drug-likeness (QED) is 0.479. The van der Waals surface area contributed by atoms with E-state index in [0.717, 1.165) is 13.2 Å². The predicted octanol–water partition coefficient (Wildman–Crippen LogP) is 1.62. The summed E-state index contributed by atoms with van der Waals surface area (Å²) in [5.41, 5.74) is -0.552. The van der Waals surface area contributed by atoms with Gasteiger partial charge in [0.2, 0.25) is 5.75 Å². The highest BCUT2D eigenvalue weighted by Gasteiger charge is 2.25. The standard InChI is InChI=1S/C12H13NO7/c1-7(6-10(14)15)20-11-8(12(16)19-2)4-3-5-9(11)13(17)18/h3-5,7H,6H2,1-2H3,(H,14,15). The van der Waals surface area contributed by atoms with Crippen LogP contribution in [0.2, 0.25) is 0 Å². The molecule has 8 heteroatoms. The second-order valence-corrected chi connectivity index (χ2v) is 3.93. The van der Waals surface area contributed by atoms with Crippen LogP contribution in [0.4, 0.5) is 5.69 Å². The molecule has 0 aromatic heterocycles. The Kier molecular flexibility index (Phi) is 5.01. The second-order valence-electron chi connectivity index (χ2n) is 3.93. The van der Waals surface area contributed by atoms with Crippen LogP contribution in [0.15, 0.2) is 18.2 Å². The second kappa shape index (κ2) is 6.50. The summed E-state index contributed by atoms with van der Waals surface area (Å²) < 4.78 is 9.76. The van der Waals surface area contributed by atoms with E-state index in [0.29, 0.717) is 0 Å². The third kappa shape index (κ3) is 3.67. The first kappa shape index (κ1) is 15.4. The van der Waals surface area contributed by atoms with Gasteiger partial charge >= 0.3 is 17.6 Å². The number of hydrogen-bond acceptors (Lipinski definition) is 6. The lowest BCUT2D eigenvalue weighted by Crippen LogP contribution is -2.19. The number of nitro groups is 1. The zero-order chi connectivity index (χ0) is 15.3. The minimum absolute atomic E-state index is 0.126. The van der Waals surface area contributed by atoms with Crippen LogP contribution in [0.25, 0.3) is 0 Å². The lowest BCUT2D eigenvalue weighted by Gasteiger charge is -2.15. The van der Waals surface area contributed by atoms with Crippen molar-refractivity contribution >= 4 is 17.6 Å². The molecule has 1 aromatic carbocycles. The topological polar surface area (TPSA) is 116 Å². The van der Waals surface area contributed by atoms with Crippen molar-refractivity contribution in [1.82, 2.24) is 0 Å². The van der Waals surface area contributed by atoms with Gasteiger partial charge in [-0.15, -0.1) is 0 Å². The first-order chi connectivity index (χ1) is 9.36. The Bertz CT molecular complexity index is 541. The van der Waals surface area contributed by atoms with E-state index in [9.17, 15) is 19.7 Å². The summed E-state index contributed by atoms with van der Waals surface area (Å²) in [5.74, 6) is -2.21. The van der Waals surface area contributed by atoms with Crippen LogP contribution < -0.4 is 4.74 Å². The van der Waals surface area contributed by atoms with Gasteiger partial charge < -0.3 is 14.6 Å². The number of nitro benzene ring substituents is 1. The highest BCUT2D eigenvalue weighted by molar-refractivity contribution is 5.94. The molecule has 1 unspecified atom stereocenters. The Labute approximate surface area is 114 Å². The van der Waals surface area contributed by atoms with Crippen LogP contribution in [-0.2, 0) is 9.53 Å². The number of rotatable bonds is 6. The summed E-state index contributed by atoms with van der Waals surface area (Å²) >= 11 is 0. The summed E-state index contributed by atoms with van der Waals surface area (Å²) in [7, 11) is 1.13. The third-order valence-electron chi connectivity index (χ3n) is 2.38. The number of carboxylic acids is 1. The summed E-state index contributed by atoms with van der Waals surface area (Å²) in [4.78, 5) is 32.4. The zero-order valence-corrected chi connectivity index (χ0v) is 10.9. The van der Waals surface area contributed by atoms with E-state index in [2.05, 4.69) is 4.74 Å². The largest absolute Gasteiger partial charge is 0.483 e. The molecule has 108 valence electrons. The first-order valence-electron chi connectivity index (χ1n) is 5.61. The summed E-state index contributed by atoms with van der Waals surface area (Å²) in [5, 5.41) is 19.6. The first-order valence-corrected chi connectivity index (χ1v) is 5.61. The molecule has 0 aliphatic heterocycles. The molecule has 8 nitrogen and oxygen atoms in total. The van der Waals surface area contributed by atoms with E-state index < -0.39 is 28.7 Å². The van der Waals surface area contributed by atoms with Crippen LogP contribution in [0.5, 0.6) is 5.75 Å². The van der Waals surface area contributed by atoms with E-state index >= 15 is 0 Å². The Balaban J connectivity index is 3.21. The van der Waals surface area contributed by atoms with Crippen molar-refractivity contribution in [2.75, 3.05) is 7.11 Å². The van der Waals surface area contributed by atoms with Crippen molar-refractivity contribution in [3.8, 4) is 5.75 Å².